The number of nitrogen functional groups attached to an aromatic ring is 1. The van der Waals surface area contributed by atoms with Gasteiger partial charge in [-0.15, -0.1) is 0 Å². The molecule has 3 N–H and O–H groups in total. The minimum Gasteiger partial charge on any atom is -0.481 e. The first-order chi connectivity index (χ1) is 12.1. The highest BCUT2D eigenvalue weighted by atomic mass is 16.4. The summed E-state index contributed by atoms with van der Waals surface area (Å²) in [5.41, 5.74) is 10.2. The predicted molar refractivity (Wildman–Crippen MR) is 100 cm³/mol. The molecule has 4 nitrogen and oxygen atoms in total. The zero-order chi connectivity index (χ0) is 17.4. The molecular formula is C21H16N2O2. The van der Waals surface area contributed by atoms with E-state index in [1.54, 1.807) is 6.07 Å². The molecule has 25 heavy (non-hydrogen) atoms. The van der Waals surface area contributed by atoms with Crippen molar-refractivity contribution >= 4 is 33.3 Å². The number of aromatic nitrogens is 1. The molecule has 0 spiro atoms. The Bertz CT molecular complexity index is 1120. The molecule has 4 rings (SSSR count). The summed E-state index contributed by atoms with van der Waals surface area (Å²) in [4.78, 5) is 15.6. The summed E-state index contributed by atoms with van der Waals surface area (Å²) < 4.78 is 0. The van der Waals surface area contributed by atoms with Crippen molar-refractivity contribution in [2.24, 2.45) is 0 Å². The fourth-order valence-corrected chi connectivity index (χ4v) is 3.23. The van der Waals surface area contributed by atoms with Crippen LogP contribution in [0.3, 0.4) is 0 Å². The third-order valence-electron chi connectivity index (χ3n) is 4.36. The molecule has 0 aliphatic heterocycles. The largest absolute Gasteiger partial charge is 0.481 e. The van der Waals surface area contributed by atoms with Crippen molar-refractivity contribution in [3.8, 4) is 11.1 Å². The number of fused-ring (bicyclic) bond motifs is 2. The molecule has 1 heterocycles. The quantitative estimate of drug-likeness (QED) is 0.551. The Kier molecular flexibility index (Phi) is 3.58. The number of anilines is 1. The smallest absolute Gasteiger partial charge is 0.309 e. The van der Waals surface area contributed by atoms with Gasteiger partial charge in [0, 0.05) is 22.0 Å². The zero-order valence-electron chi connectivity index (χ0n) is 13.4. The number of hydrogen-bond donors (Lipinski definition) is 2. The van der Waals surface area contributed by atoms with Gasteiger partial charge in [-0.25, -0.2) is 0 Å². The Morgan fingerprint density at radius 3 is 2.44 bits per heavy atom. The van der Waals surface area contributed by atoms with Crippen LogP contribution in [-0.4, -0.2) is 16.1 Å². The van der Waals surface area contributed by atoms with Crippen LogP contribution in [0.4, 0.5) is 5.69 Å². The summed E-state index contributed by atoms with van der Waals surface area (Å²) in [6.07, 6.45) is -0.0905. The SMILES string of the molecule is Nc1cccc2c(-c3cccc4ccc(CC(=O)O)nc34)cccc12. The van der Waals surface area contributed by atoms with Gasteiger partial charge in [0.25, 0.3) is 0 Å². The Morgan fingerprint density at radius 1 is 0.880 bits per heavy atom. The van der Waals surface area contributed by atoms with Crippen molar-refractivity contribution in [3.63, 3.8) is 0 Å². The molecule has 0 radical (unpaired) electrons. The van der Waals surface area contributed by atoms with Crippen molar-refractivity contribution < 1.29 is 9.90 Å². The van der Waals surface area contributed by atoms with Crippen molar-refractivity contribution in [2.45, 2.75) is 6.42 Å². The topological polar surface area (TPSA) is 76.2 Å². The lowest BCUT2D eigenvalue weighted by molar-refractivity contribution is -0.136. The van der Waals surface area contributed by atoms with Crippen LogP contribution >= 0.6 is 0 Å². The van der Waals surface area contributed by atoms with Crippen LogP contribution in [0, 0.1) is 0 Å². The first kappa shape index (κ1) is 15.1. The maximum Gasteiger partial charge on any atom is 0.309 e. The minimum absolute atomic E-state index is 0.0905. The summed E-state index contributed by atoms with van der Waals surface area (Å²) in [6.45, 7) is 0. The Hall–Kier alpha value is -3.40. The molecule has 0 amide bonds. The van der Waals surface area contributed by atoms with E-state index in [4.69, 9.17) is 10.8 Å². The highest BCUT2D eigenvalue weighted by Gasteiger charge is 2.11. The number of nitrogens with zero attached hydrogens (tertiary/aromatic N) is 1. The van der Waals surface area contributed by atoms with E-state index < -0.39 is 5.97 Å². The normalized spacial score (nSPS) is 11.0. The standard InChI is InChI=1S/C21H16N2O2/c22-19-9-3-6-15-16(5-2-7-17(15)19)18-8-1-4-13-10-11-14(12-20(24)25)23-21(13)18/h1-11H,12,22H2,(H,24,25). The molecule has 0 bridgehead atoms. The number of aliphatic carboxylic acids is 1. The number of nitrogens with two attached hydrogens (primary N) is 1. The van der Waals surface area contributed by atoms with Gasteiger partial charge < -0.3 is 10.8 Å². The molecule has 0 unspecified atom stereocenters. The van der Waals surface area contributed by atoms with Crippen LogP contribution in [0.5, 0.6) is 0 Å². The van der Waals surface area contributed by atoms with Gasteiger partial charge in [0.1, 0.15) is 0 Å². The lowest BCUT2D eigenvalue weighted by Crippen LogP contribution is -2.02. The molecule has 0 saturated carbocycles. The summed E-state index contributed by atoms with van der Waals surface area (Å²) in [7, 11) is 0. The number of carboxylic acid groups (broad SMARTS) is 1. The molecule has 4 heteroatoms. The van der Waals surface area contributed by atoms with E-state index in [2.05, 4.69) is 4.98 Å². The highest BCUT2D eigenvalue weighted by Crippen LogP contribution is 2.34. The van der Waals surface area contributed by atoms with Crippen LogP contribution in [0.2, 0.25) is 0 Å². The van der Waals surface area contributed by atoms with Crippen LogP contribution in [0.25, 0.3) is 32.8 Å². The second kappa shape index (κ2) is 5.91. The number of para-hydroxylation sites is 1. The van der Waals surface area contributed by atoms with E-state index in [0.717, 1.165) is 38.5 Å². The lowest BCUT2D eigenvalue weighted by atomic mass is 9.95. The number of hydrogen-bond acceptors (Lipinski definition) is 3. The van der Waals surface area contributed by atoms with Gasteiger partial charge in [-0.1, -0.05) is 54.6 Å². The highest BCUT2D eigenvalue weighted by molar-refractivity contribution is 6.07. The first-order valence-corrected chi connectivity index (χ1v) is 8.01. The summed E-state index contributed by atoms with van der Waals surface area (Å²) in [5.74, 6) is -0.887. The van der Waals surface area contributed by atoms with Gasteiger partial charge in [0.15, 0.2) is 0 Å². The molecule has 0 aliphatic carbocycles. The molecular weight excluding hydrogens is 312 g/mol. The number of carboxylic acids is 1. The average molecular weight is 328 g/mol. The summed E-state index contributed by atoms with van der Waals surface area (Å²) in [6, 6.07) is 21.6. The molecule has 0 aliphatic rings. The molecule has 122 valence electrons. The Balaban J connectivity index is 2.01. The second-order valence-electron chi connectivity index (χ2n) is 6.00. The maximum absolute atomic E-state index is 11.0. The van der Waals surface area contributed by atoms with E-state index in [0.29, 0.717) is 5.69 Å². The third-order valence-corrected chi connectivity index (χ3v) is 4.36. The molecule has 0 saturated heterocycles. The van der Waals surface area contributed by atoms with E-state index in [-0.39, 0.29) is 6.42 Å². The van der Waals surface area contributed by atoms with Gasteiger partial charge in [0.05, 0.1) is 17.6 Å². The molecule has 0 atom stereocenters. The molecule has 3 aromatic carbocycles. The van der Waals surface area contributed by atoms with Crippen LogP contribution in [-0.2, 0) is 11.2 Å². The van der Waals surface area contributed by atoms with Crippen LogP contribution < -0.4 is 5.73 Å². The van der Waals surface area contributed by atoms with Crippen LogP contribution in [0.1, 0.15) is 5.69 Å². The van der Waals surface area contributed by atoms with Crippen molar-refractivity contribution in [1.29, 1.82) is 0 Å². The molecule has 4 aromatic rings. The fraction of sp³-hybridized carbons (Fsp3) is 0.0476. The number of rotatable bonds is 3. The predicted octanol–water partition coefficient (Wildman–Crippen LogP) is 4.26. The summed E-state index contributed by atoms with van der Waals surface area (Å²) >= 11 is 0. The minimum atomic E-state index is -0.887. The van der Waals surface area contributed by atoms with Crippen molar-refractivity contribution in [1.82, 2.24) is 4.98 Å². The third kappa shape index (κ3) is 2.68. The van der Waals surface area contributed by atoms with E-state index in [9.17, 15) is 4.79 Å². The van der Waals surface area contributed by atoms with Crippen LogP contribution in [0.15, 0.2) is 66.7 Å². The van der Waals surface area contributed by atoms with Crippen molar-refractivity contribution in [3.05, 3.63) is 72.4 Å². The average Bonchev–Trinajstić information content (AvgIpc) is 2.61. The van der Waals surface area contributed by atoms with Gasteiger partial charge in [-0.3, -0.25) is 9.78 Å². The van der Waals surface area contributed by atoms with Gasteiger partial charge in [-0.2, -0.15) is 0 Å². The second-order valence-corrected chi connectivity index (χ2v) is 6.00. The number of pyridine rings is 1. The van der Waals surface area contributed by atoms with E-state index >= 15 is 0 Å². The number of benzene rings is 3. The summed E-state index contributed by atoms with van der Waals surface area (Å²) in [5, 5.41) is 12.1. The number of carbonyl (C=O) groups is 1. The first-order valence-electron chi connectivity index (χ1n) is 8.01. The van der Waals surface area contributed by atoms with Crippen molar-refractivity contribution in [2.75, 3.05) is 5.73 Å². The Labute approximate surface area is 144 Å². The van der Waals surface area contributed by atoms with E-state index in [1.165, 1.54) is 0 Å². The maximum atomic E-state index is 11.0. The lowest BCUT2D eigenvalue weighted by Gasteiger charge is -2.11. The zero-order valence-corrected chi connectivity index (χ0v) is 13.4. The Morgan fingerprint density at radius 2 is 1.60 bits per heavy atom. The van der Waals surface area contributed by atoms with Gasteiger partial charge in [-0.05, 0) is 23.1 Å². The van der Waals surface area contributed by atoms with Gasteiger partial charge in [0.2, 0.25) is 0 Å². The van der Waals surface area contributed by atoms with E-state index in [1.807, 2.05) is 60.7 Å². The fourth-order valence-electron chi connectivity index (χ4n) is 3.23. The monoisotopic (exact) mass is 328 g/mol. The molecule has 0 fully saturated rings. The van der Waals surface area contributed by atoms with Gasteiger partial charge >= 0.3 is 5.97 Å². The molecule has 1 aromatic heterocycles.